The van der Waals surface area contributed by atoms with Crippen LogP contribution in [0.1, 0.15) is 31.9 Å². The molecule has 0 bridgehead atoms. The maximum atomic E-state index is 5.95. The average Bonchev–Trinajstić information content (AvgIpc) is 2.37. The van der Waals surface area contributed by atoms with Gasteiger partial charge in [-0.3, -0.25) is 0 Å². The SMILES string of the molecule is CC(C)(C)c1cccc(Oc2cc(Br)cc(CN)c2)c1. The molecule has 0 amide bonds. The van der Waals surface area contributed by atoms with Gasteiger partial charge in [0.15, 0.2) is 0 Å². The largest absolute Gasteiger partial charge is 0.457 e. The maximum Gasteiger partial charge on any atom is 0.128 e. The lowest BCUT2D eigenvalue weighted by molar-refractivity contribution is 0.477. The van der Waals surface area contributed by atoms with E-state index in [1.165, 1.54) is 5.56 Å². The first-order valence-corrected chi connectivity index (χ1v) is 7.46. The lowest BCUT2D eigenvalue weighted by Gasteiger charge is -2.19. The van der Waals surface area contributed by atoms with Crippen LogP contribution >= 0.6 is 15.9 Å². The van der Waals surface area contributed by atoms with Gasteiger partial charge in [-0.05, 0) is 46.9 Å². The lowest BCUT2D eigenvalue weighted by Crippen LogP contribution is -2.10. The highest BCUT2D eigenvalue weighted by Gasteiger charge is 2.14. The van der Waals surface area contributed by atoms with Crippen LogP contribution in [0.2, 0.25) is 0 Å². The van der Waals surface area contributed by atoms with Crippen LogP contribution in [-0.4, -0.2) is 0 Å². The van der Waals surface area contributed by atoms with Gasteiger partial charge in [-0.15, -0.1) is 0 Å². The normalized spacial score (nSPS) is 11.4. The maximum absolute atomic E-state index is 5.95. The van der Waals surface area contributed by atoms with Crippen molar-refractivity contribution >= 4 is 15.9 Å². The predicted molar refractivity (Wildman–Crippen MR) is 87.2 cm³/mol. The third-order valence-corrected chi connectivity index (χ3v) is 3.56. The zero-order chi connectivity index (χ0) is 14.8. The molecule has 0 aliphatic heterocycles. The van der Waals surface area contributed by atoms with Crippen molar-refractivity contribution in [2.75, 3.05) is 0 Å². The molecule has 20 heavy (non-hydrogen) atoms. The van der Waals surface area contributed by atoms with Crippen LogP contribution in [0.25, 0.3) is 0 Å². The Labute approximate surface area is 129 Å². The van der Waals surface area contributed by atoms with Gasteiger partial charge in [0.1, 0.15) is 11.5 Å². The second-order valence-electron chi connectivity index (χ2n) is 5.88. The number of nitrogens with two attached hydrogens (primary N) is 1. The topological polar surface area (TPSA) is 35.2 Å². The number of hydrogen-bond acceptors (Lipinski definition) is 2. The van der Waals surface area contributed by atoms with Crippen molar-refractivity contribution in [3.63, 3.8) is 0 Å². The van der Waals surface area contributed by atoms with Gasteiger partial charge >= 0.3 is 0 Å². The third kappa shape index (κ3) is 3.84. The van der Waals surface area contributed by atoms with Crippen LogP contribution in [0, 0.1) is 0 Å². The summed E-state index contributed by atoms with van der Waals surface area (Å²) in [5.74, 6) is 1.64. The Bertz CT molecular complexity index is 602. The van der Waals surface area contributed by atoms with E-state index in [-0.39, 0.29) is 5.41 Å². The molecule has 0 aromatic heterocycles. The van der Waals surface area contributed by atoms with E-state index in [0.717, 1.165) is 21.5 Å². The summed E-state index contributed by atoms with van der Waals surface area (Å²) in [5, 5.41) is 0. The highest BCUT2D eigenvalue weighted by molar-refractivity contribution is 9.10. The lowest BCUT2D eigenvalue weighted by atomic mass is 9.87. The Morgan fingerprint density at radius 1 is 1.05 bits per heavy atom. The van der Waals surface area contributed by atoms with Gasteiger partial charge in [0.25, 0.3) is 0 Å². The Morgan fingerprint density at radius 2 is 1.80 bits per heavy atom. The zero-order valence-electron chi connectivity index (χ0n) is 12.1. The van der Waals surface area contributed by atoms with Gasteiger partial charge in [0, 0.05) is 11.0 Å². The Hall–Kier alpha value is -1.32. The molecule has 2 aromatic carbocycles. The van der Waals surface area contributed by atoms with Crippen molar-refractivity contribution in [1.82, 2.24) is 0 Å². The summed E-state index contributed by atoms with van der Waals surface area (Å²) in [6.45, 7) is 7.07. The summed E-state index contributed by atoms with van der Waals surface area (Å²) in [7, 11) is 0. The van der Waals surface area contributed by atoms with E-state index in [9.17, 15) is 0 Å². The third-order valence-electron chi connectivity index (χ3n) is 3.10. The van der Waals surface area contributed by atoms with Crippen molar-refractivity contribution in [1.29, 1.82) is 0 Å². The number of hydrogen-bond donors (Lipinski definition) is 1. The summed E-state index contributed by atoms with van der Waals surface area (Å²) in [6, 6.07) is 14.1. The molecule has 0 spiro atoms. The first-order valence-electron chi connectivity index (χ1n) is 6.66. The molecular weight excluding hydrogens is 314 g/mol. The van der Waals surface area contributed by atoms with Gasteiger partial charge in [-0.2, -0.15) is 0 Å². The van der Waals surface area contributed by atoms with Crippen molar-refractivity contribution < 1.29 is 4.74 Å². The van der Waals surface area contributed by atoms with E-state index in [4.69, 9.17) is 10.5 Å². The fraction of sp³-hybridized carbons (Fsp3) is 0.294. The van der Waals surface area contributed by atoms with Crippen molar-refractivity contribution in [2.45, 2.75) is 32.7 Å². The number of benzene rings is 2. The van der Waals surface area contributed by atoms with Crippen molar-refractivity contribution in [3.8, 4) is 11.5 Å². The number of ether oxygens (including phenoxy) is 1. The fourth-order valence-corrected chi connectivity index (χ4v) is 2.48. The molecule has 0 saturated heterocycles. The molecule has 3 heteroatoms. The molecule has 0 aliphatic carbocycles. The minimum atomic E-state index is 0.110. The van der Waals surface area contributed by atoms with Gasteiger partial charge in [-0.25, -0.2) is 0 Å². The van der Waals surface area contributed by atoms with Crippen molar-refractivity contribution in [2.24, 2.45) is 5.73 Å². The highest BCUT2D eigenvalue weighted by Crippen LogP contribution is 2.30. The Morgan fingerprint density at radius 3 is 2.45 bits per heavy atom. The smallest absolute Gasteiger partial charge is 0.128 e. The van der Waals surface area contributed by atoms with E-state index in [2.05, 4.69) is 48.8 Å². The minimum absolute atomic E-state index is 0.110. The summed E-state index contributed by atoms with van der Waals surface area (Å²) in [5.41, 5.74) is 8.09. The standard InChI is InChI=1S/C17H20BrNO/c1-17(2,3)13-5-4-6-15(9-13)20-16-8-12(11-19)7-14(18)10-16/h4-10H,11,19H2,1-3H3. The van der Waals surface area contributed by atoms with Gasteiger partial charge in [0.2, 0.25) is 0 Å². The highest BCUT2D eigenvalue weighted by atomic mass is 79.9. The molecule has 2 N–H and O–H groups in total. The fourth-order valence-electron chi connectivity index (χ4n) is 1.96. The summed E-state index contributed by atoms with van der Waals surface area (Å²) < 4.78 is 6.93. The molecular formula is C17H20BrNO. The van der Waals surface area contributed by atoms with E-state index in [1.807, 2.05) is 30.3 Å². The first-order chi connectivity index (χ1) is 9.38. The summed E-state index contributed by atoms with van der Waals surface area (Å²) in [4.78, 5) is 0. The van der Waals surface area contributed by atoms with Gasteiger partial charge < -0.3 is 10.5 Å². The number of rotatable bonds is 3. The molecule has 2 nitrogen and oxygen atoms in total. The van der Waals surface area contributed by atoms with Gasteiger partial charge in [-0.1, -0.05) is 48.8 Å². The average molecular weight is 334 g/mol. The molecule has 106 valence electrons. The molecule has 0 unspecified atom stereocenters. The molecule has 0 aliphatic rings. The van der Waals surface area contributed by atoms with Crippen LogP contribution in [0.15, 0.2) is 46.9 Å². The minimum Gasteiger partial charge on any atom is -0.457 e. The van der Waals surface area contributed by atoms with Crippen LogP contribution in [0.4, 0.5) is 0 Å². The zero-order valence-corrected chi connectivity index (χ0v) is 13.7. The molecule has 0 radical (unpaired) electrons. The molecule has 2 aromatic rings. The van der Waals surface area contributed by atoms with Crippen LogP contribution in [-0.2, 0) is 12.0 Å². The van der Waals surface area contributed by atoms with Crippen LogP contribution in [0.3, 0.4) is 0 Å². The molecule has 0 fully saturated rings. The molecule has 0 heterocycles. The summed E-state index contributed by atoms with van der Waals surface area (Å²) >= 11 is 3.48. The van der Waals surface area contributed by atoms with Crippen LogP contribution in [0.5, 0.6) is 11.5 Å². The second-order valence-corrected chi connectivity index (χ2v) is 6.79. The number of halogens is 1. The quantitative estimate of drug-likeness (QED) is 0.857. The molecule has 0 saturated carbocycles. The Balaban J connectivity index is 2.28. The van der Waals surface area contributed by atoms with E-state index >= 15 is 0 Å². The van der Waals surface area contributed by atoms with Crippen LogP contribution < -0.4 is 10.5 Å². The summed E-state index contributed by atoms with van der Waals surface area (Å²) in [6.07, 6.45) is 0. The molecule has 2 rings (SSSR count). The predicted octanol–water partition coefficient (Wildman–Crippen LogP) is 5.00. The van der Waals surface area contributed by atoms with E-state index in [0.29, 0.717) is 6.54 Å². The Kier molecular flexibility index (Phi) is 4.51. The van der Waals surface area contributed by atoms with Crippen molar-refractivity contribution in [3.05, 3.63) is 58.1 Å². The molecule has 0 atom stereocenters. The van der Waals surface area contributed by atoms with Gasteiger partial charge in [0.05, 0.1) is 0 Å². The first kappa shape index (κ1) is 15.1. The van der Waals surface area contributed by atoms with E-state index < -0.39 is 0 Å². The van der Waals surface area contributed by atoms with E-state index in [1.54, 1.807) is 0 Å². The second kappa shape index (κ2) is 5.98. The monoisotopic (exact) mass is 333 g/mol.